The molecule has 1 amide bonds. The lowest BCUT2D eigenvalue weighted by atomic mass is 9.70. The molecule has 1 unspecified atom stereocenters. The summed E-state index contributed by atoms with van der Waals surface area (Å²) in [6.45, 7) is 7.65. The quantitative estimate of drug-likeness (QED) is 0.605. The summed E-state index contributed by atoms with van der Waals surface area (Å²) in [5, 5.41) is 12.5. The molecule has 2 aliphatic rings. The largest absolute Gasteiger partial charge is 0.785 e. The lowest BCUT2D eigenvalue weighted by Crippen LogP contribution is -2.62. The summed E-state index contributed by atoms with van der Waals surface area (Å²) in [4.78, 5) is 13.1. The van der Waals surface area contributed by atoms with E-state index in [1.165, 1.54) is 6.08 Å². The maximum atomic E-state index is 11.3. The van der Waals surface area contributed by atoms with Crippen molar-refractivity contribution in [2.45, 2.75) is 25.8 Å². The number of hydroxylamine groups is 2. The molecule has 0 aromatic carbocycles. The van der Waals surface area contributed by atoms with E-state index in [9.17, 15) is 10.0 Å². The Balaban J connectivity index is 1.91. The van der Waals surface area contributed by atoms with E-state index in [1.54, 1.807) is 4.90 Å². The number of carbonyl (C=O) groups excluding carboxylic acids is 1. The fraction of sp³-hybridized carbons (Fsp3) is 0.727. The molecule has 2 rings (SSSR count). The minimum absolute atomic E-state index is 0.0119. The van der Waals surface area contributed by atoms with Crippen LogP contribution in [-0.2, 0) is 4.79 Å². The van der Waals surface area contributed by atoms with E-state index in [1.807, 2.05) is 6.92 Å². The van der Waals surface area contributed by atoms with Crippen molar-refractivity contribution in [3.8, 4) is 0 Å². The first-order valence-corrected chi connectivity index (χ1v) is 5.41. The summed E-state index contributed by atoms with van der Waals surface area (Å²) < 4.78 is 0. The van der Waals surface area contributed by atoms with Crippen LogP contribution in [0.4, 0.5) is 0 Å². The van der Waals surface area contributed by atoms with Gasteiger partial charge in [0.2, 0.25) is 5.91 Å². The molecule has 4 nitrogen and oxygen atoms in total. The fourth-order valence-corrected chi connectivity index (χ4v) is 2.73. The van der Waals surface area contributed by atoms with Gasteiger partial charge < -0.3 is 15.2 Å². The predicted octanol–water partition coefficient (Wildman–Crippen LogP) is 0.983. The summed E-state index contributed by atoms with van der Waals surface area (Å²) in [7, 11) is 0. The van der Waals surface area contributed by atoms with Crippen LogP contribution in [0.15, 0.2) is 12.7 Å². The topological polar surface area (TPSA) is 46.6 Å². The molecule has 2 heterocycles. The van der Waals surface area contributed by atoms with Crippen LogP contribution in [0.3, 0.4) is 0 Å². The van der Waals surface area contributed by atoms with Gasteiger partial charge in [0.1, 0.15) is 0 Å². The SMILES string of the molecule is C=CC(=O)N1CC2(CCN([O-])C(C)C2)C1. The lowest BCUT2D eigenvalue weighted by Gasteiger charge is -2.57. The highest BCUT2D eigenvalue weighted by molar-refractivity contribution is 5.87. The third kappa shape index (κ3) is 1.79. The van der Waals surface area contributed by atoms with E-state index in [0.717, 1.165) is 31.0 Å². The lowest BCUT2D eigenvalue weighted by molar-refractivity contribution is -0.142. The highest BCUT2D eigenvalue weighted by atomic mass is 16.5. The predicted molar refractivity (Wildman–Crippen MR) is 58.0 cm³/mol. The van der Waals surface area contributed by atoms with Crippen LogP contribution in [0.1, 0.15) is 19.8 Å². The molecule has 2 fully saturated rings. The van der Waals surface area contributed by atoms with E-state index < -0.39 is 0 Å². The Morgan fingerprint density at radius 1 is 1.60 bits per heavy atom. The van der Waals surface area contributed by atoms with Crippen molar-refractivity contribution in [3.05, 3.63) is 17.9 Å². The van der Waals surface area contributed by atoms with E-state index in [-0.39, 0.29) is 17.4 Å². The van der Waals surface area contributed by atoms with Gasteiger partial charge in [-0.3, -0.25) is 4.79 Å². The van der Waals surface area contributed by atoms with Crippen LogP contribution in [0.5, 0.6) is 0 Å². The molecule has 1 spiro atoms. The maximum absolute atomic E-state index is 11.3. The molecule has 4 heteroatoms. The number of amides is 1. The Hall–Kier alpha value is -0.870. The number of rotatable bonds is 1. The molecule has 2 aliphatic heterocycles. The number of carbonyl (C=O) groups is 1. The van der Waals surface area contributed by atoms with E-state index in [0.29, 0.717) is 6.54 Å². The Morgan fingerprint density at radius 3 is 2.80 bits per heavy atom. The number of hydrogen-bond acceptors (Lipinski definition) is 3. The second kappa shape index (κ2) is 3.61. The Bertz CT molecular complexity index is 284. The van der Waals surface area contributed by atoms with Crippen molar-refractivity contribution in [1.82, 2.24) is 9.96 Å². The molecule has 15 heavy (non-hydrogen) atoms. The zero-order valence-corrected chi connectivity index (χ0v) is 9.11. The van der Waals surface area contributed by atoms with E-state index >= 15 is 0 Å². The van der Waals surface area contributed by atoms with E-state index in [4.69, 9.17) is 0 Å². The first-order chi connectivity index (χ1) is 7.06. The third-order valence-corrected chi connectivity index (χ3v) is 3.62. The first-order valence-electron chi connectivity index (χ1n) is 5.41. The van der Waals surface area contributed by atoms with Gasteiger partial charge in [0, 0.05) is 18.5 Å². The molecule has 0 bridgehead atoms. The van der Waals surface area contributed by atoms with Gasteiger partial charge in [0.05, 0.1) is 0 Å². The highest BCUT2D eigenvalue weighted by Gasteiger charge is 2.46. The van der Waals surface area contributed by atoms with Crippen molar-refractivity contribution in [3.63, 3.8) is 0 Å². The summed E-state index contributed by atoms with van der Waals surface area (Å²) in [6, 6.07) is 0.0970. The second-order valence-electron chi connectivity index (χ2n) is 4.84. The number of nitrogens with zero attached hydrogens (tertiary/aromatic N) is 2. The van der Waals surface area contributed by atoms with Crippen LogP contribution >= 0.6 is 0 Å². The molecule has 0 radical (unpaired) electrons. The molecule has 0 aromatic rings. The molecular weight excluding hydrogens is 192 g/mol. The smallest absolute Gasteiger partial charge is 0.245 e. The van der Waals surface area contributed by atoms with Gasteiger partial charge in [0.15, 0.2) is 0 Å². The fourth-order valence-electron chi connectivity index (χ4n) is 2.73. The van der Waals surface area contributed by atoms with Gasteiger partial charge in [-0.15, -0.1) is 0 Å². The zero-order valence-electron chi connectivity index (χ0n) is 9.11. The minimum Gasteiger partial charge on any atom is -0.785 e. The number of likely N-dealkylation sites (tertiary alicyclic amines) is 1. The van der Waals surface area contributed by atoms with Gasteiger partial charge in [-0.1, -0.05) is 13.5 Å². The molecular formula is C11H17N2O2-. The van der Waals surface area contributed by atoms with Gasteiger partial charge in [-0.2, -0.15) is 0 Å². The van der Waals surface area contributed by atoms with Gasteiger partial charge in [-0.05, 0) is 31.5 Å². The average Bonchev–Trinajstić information content (AvgIpc) is 2.18. The Labute approximate surface area is 90.1 Å². The van der Waals surface area contributed by atoms with Gasteiger partial charge in [0.25, 0.3) is 0 Å². The van der Waals surface area contributed by atoms with Crippen LogP contribution in [0, 0.1) is 10.6 Å². The van der Waals surface area contributed by atoms with Crippen molar-refractivity contribution >= 4 is 5.91 Å². The monoisotopic (exact) mass is 209 g/mol. The summed E-state index contributed by atoms with van der Waals surface area (Å²) in [5.41, 5.74) is 0.221. The normalized spacial score (nSPS) is 30.0. The molecule has 1 atom stereocenters. The summed E-state index contributed by atoms with van der Waals surface area (Å²) in [5.74, 6) is 0.0119. The van der Waals surface area contributed by atoms with Gasteiger partial charge >= 0.3 is 0 Å². The third-order valence-electron chi connectivity index (χ3n) is 3.62. The van der Waals surface area contributed by atoms with Crippen LogP contribution in [-0.4, -0.2) is 41.5 Å². The standard InChI is InChI=1S/C11H17N2O2/c1-3-10(14)12-7-11(8-12)4-5-13(15)9(2)6-11/h3,9H,1,4-8H2,2H3/q-1. The zero-order chi connectivity index (χ0) is 11.1. The molecule has 0 saturated carbocycles. The molecule has 2 saturated heterocycles. The van der Waals surface area contributed by atoms with Gasteiger partial charge in [-0.25, -0.2) is 0 Å². The Morgan fingerprint density at radius 2 is 2.27 bits per heavy atom. The Kier molecular flexibility index (Phi) is 2.56. The second-order valence-corrected chi connectivity index (χ2v) is 4.84. The molecule has 0 N–H and O–H groups in total. The van der Waals surface area contributed by atoms with Crippen molar-refractivity contribution in [2.75, 3.05) is 19.6 Å². The number of piperidine rings is 1. The molecule has 0 aliphatic carbocycles. The molecule has 84 valence electrons. The van der Waals surface area contributed by atoms with Crippen molar-refractivity contribution in [2.24, 2.45) is 5.41 Å². The van der Waals surface area contributed by atoms with Crippen LogP contribution in [0.2, 0.25) is 0 Å². The summed E-state index contributed by atoms with van der Waals surface area (Å²) in [6.07, 6.45) is 3.19. The maximum Gasteiger partial charge on any atom is 0.245 e. The number of hydrogen-bond donors (Lipinski definition) is 0. The van der Waals surface area contributed by atoms with E-state index in [2.05, 4.69) is 6.58 Å². The van der Waals surface area contributed by atoms with Crippen molar-refractivity contribution in [1.29, 1.82) is 0 Å². The molecule has 0 aromatic heterocycles. The highest BCUT2D eigenvalue weighted by Crippen LogP contribution is 2.42. The van der Waals surface area contributed by atoms with Crippen LogP contribution < -0.4 is 0 Å². The van der Waals surface area contributed by atoms with Crippen LogP contribution in [0.25, 0.3) is 0 Å². The van der Waals surface area contributed by atoms with Crippen molar-refractivity contribution < 1.29 is 4.79 Å². The first kappa shape index (κ1) is 10.6. The minimum atomic E-state index is 0.0119. The summed E-state index contributed by atoms with van der Waals surface area (Å²) >= 11 is 0. The average molecular weight is 209 g/mol.